The van der Waals surface area contributed by atoms with Crippen molar-refractivity contribution in [3.63, 3.8) is 0 Å². The topological polar surface area (TPSA) is 46.1 Å². The Morgan fingerprint density at radius 1 is 1.00 bits per heavy atom. The van der Waals surface area contributed by atoms with E-state index in [1.54, 1.807) is 42.5 Å². The fraction of sp³-hybridized carbons (Fsp3) is 0.0870. The molecular formula is C23H18FN3O. The van der Waals surface area contributed by atoms with E-state index >= 15 is 0 Å². The molecule has 0 bridgehead atoms. The molecule has 5 heteroatoms. The van der Waals surface area contributed by atoms with E-state index in [9.17, 15) is 9.18 Å². The van der Waals surface area contributed by atoms with E-state index < -0.39 is 0 Å². The lowest BCUT2D eigenvalue weighted by Gasteiger charge is -2.19. The maximum absolute atomic E-state index is 13.3. The molecule has 2 aromatic heterocycles. The van der Waals surface area contributed by atoms with Gasteiger partial charge in [0, 0.05) is 36.9 Å². The number of amides is 1. The quantitative estimate of drug-likeness (QED) is 0.522. The molecule has 138 valence electrons. The standard InChI is InChI=1S/C23H18FN3O/c1-27(15-16-10-12-25-13-11-16)23(28)20-14-22(17-6-8-18(24)9-7-17)26-21-5-3-2-4-19(20)21/h2-14H,15H2,1H3. The highest BCUT2D eigenvalue weighted by Crippen LogP contribution is 2.26. The van der Waals surface area contributed by atoms with Gasteiger partial charge in [-0.15, -0.1) is 0 Å². The molecule has 4 rings (SSSR count). The van der Waals surface area contributed by atoms with Gasteiger partial charge in [0.2, 0.25) is 0 Å². The molecule has 0 radical (unpaired) electrons. The lowest BCUT2D eigenvalue weighted by Crippen LogP contribution is -2.26. The van der Waals surface area contributed by atoms with E-state index in [0.29, 0.717) is 17.8 Å². The summed E-state index contributed by atoms with van der Waals surface area (Å²) in [5.74, 6) is -0.406. The van der Waals surface area contributed by atoms with Gasteiger partial charge >= 0.3 is 0 Å². The van der Waals surface area contributed by atoms with E-state index in [2.05, 4.69) is 9.97 Å². The van der Waals surface area contributed by atoms with E-state index in [0.717, 1.165) is 22.0 Å². The largest absolute Gasteiger partial charge is 0.337 e. The average molecular weight is 371 g/mol. The molecular weight excluding hydrogens is 353 g/mol. The Hall–Kier alpha value is -3.60. The molecule has 0 aliphatic carbocycles. The van der Waals surface area contributed by atoms with Crippen LogP contribution in [0, 0.1) is 5.82 Å². The molecule has 0 saturated carbocycles. The first-order valence-corrected chi connectivity index (χ1v) is 8.92. The first kappa shape index (κ1) is 17.8. The van der Waals surface area contributed by atoms with Crippen molar-refractivity contribution >= 4 is 16.8 Å². The van der Waals surface area contributed by atoms with Gasteiger partial charge in [-0.1, -0.05) is 18.2 Å². The number of fused-ring (bicyclic) bond motifs is 1. The van der Waals surface area contributed by atoms with Crippen LogP contribution in [-0.4, -0.2) is 27.8 Å². The number of hydrogen-bond donors (Lipinski definition) is 0. The van der Waals surface area contributed by atoms with Gasteiger partial charge in [0.15, 0.2) is 0 Å². The first-order valence-electron chi connectivity index (χ1n) is 8.92. The van der Waals surface area contributed by atoms with E-state index in [1.165, 1.54) is 12.1 Å². The zero-order valence-corrected chi connectivity index (χ0v) is 15.3. The molecule has 0 fully saturated rings. The number of carbonyl (C=O) groups is 1. The maximum atomic E-state index is 13.3. The monoisotopic (exact) mass is 371 g/mol. The van der Waals surface area contributed by atoms with Crippen molar-refractivity contribution in [2.75, 3.05) is 7.05 Å². The van der Waals surface area contributed by atoms with E-state index in [1.807, 2.05) is 36.4 Å². The number of carbonyl (C=O) groups excluding carboxylic acids is 1. The molecule has 28 heavy (non-hydrogen) atoms. The van der Waals surface area contributed by atoms with Gasteiger partial charge in [-0.05, 0) is 54.1 Å². The third-order valence-electron chi connectivity index (χ3n) is 4.60. The smallest absolute Gasteiger partial charge is 0.254 e. The molecule has 4 aromatic rings. The number of para-hydroxylation sites is 1. The lowest BCUT2D eigenvalue weighted by atomic mass is 10.0. The highest BCUT2D eigenvalue weighted by Gasteiger charge is 2.17. The van der Waals surface area contributed by atoms with Gasteiger partial charge in [-0.3, -0.25) is 9.78 Å². The Morgan fingerprint density at radius 2 is 1.71 bits per heavy atom. The molecule has 0 aliphatic rings. The highest BCUT2D eigenvalue weighted by molar-refractivity contribution is 6.07. The molecule has 2 aromatic carbocycles. The molecule has 0 unspecified atom stereocenters. The summed E-state index contributed by atoms with van der Waals surface area (Å²) in [6.07, 6.45) is 3.42. The second-order valence-corrected chi connectivity index (χ2v) is 6.60. The van der Waals surface area contributed by atoms with Gasteiger partial charge in [0.25, 0.3) is 5.91 Å². The summed E-state index contributed by atoms with van der Waals surface area (Å²) in [7, 11) is 1.77. The van der Waals surface area contributed by atoms with Gasteiger partial charge in [0.05, 0.1) is 16.8 Å². The molecule has 0 spiro atoms. The minimum atomic E-state index is -0.307. The Labute approximate surface area is 162 Å². The van der Waals surface area contributed by atoms with Crippen LogP contribution in [0.25, 0.3) is 22.2 Å². The number of nitrogens with zero attached hydrogens (tertiary/aromatic N) is 3. The van der Waals surface area contributed by atoms with E-state index in [-0.39, 0.29) is 11.7 Å². The average Bonchev–Trinajstić information content (AvgIpc) is 2.73. The first-order chi connectivity index (χ1) is 13.6. The second kappa shape index (κ2) is 7.56. The van der Waals surface area contributed by atoms with Gasteiger partial charge < -0.3 is 4.90 Å². The van der Waals surface area contributed by atoms with E-state index in [4.69, 9.17) is 0 Å². The van der Waals surface area contributed by atoms with Crippen LogP contribution in [0.4, 0.5) is 4.39 Å². The minimum Gasteiger partial charge on any atom is -0.337 e. The number of hydrogen-bond acceptors (Lipinski definition) is 3. The van der Waals surface area contributed by atoms with Crippen molar-refractivity contribution in [3.05, 3.63) is 96.1 Å². The Kier molecular flexibility index (Phi) is 4.81. The Bertz CT molecular complexity index is 1130. The van der Waals surface area contributed by atoms with Crippen LogP contribution < -0.4 is 0 Å². The predicted octanol–water partition coefficient (Wildman–Crippen LogP) is 4.71. The summed E-state index contributed by atoms with van der Waals surface area (Å²) in [6.45, 7) is 0.476. The number of pyridine rings is 2. The summed E-state index contributed by atoms with van der Waals surface area (Å²) < 4.78 is 13.3. The van der Waals surface area contributed by atoms with Crippen molar-refractivity contribution in [2.45, 2.75) is 6.54 Å². The van der Waals surface area contributed by atoms with Crippen molar-refractivity contribution < 1.29 is 9.18 Å². The highest BCUT2D eigenvalue weighted by atomic mass is 19.1. The molecule has 1 amide bonds. The van der Waals surface area contributed by atoms with Crippen LogP contribution in [0.5, 0.6) is 0 Å². The van der Waals surface area contributed by atoms with Gasteiger partial charge in [0.1, 0.15) is 5.82 Å². The maximum Gasteiger partial charge on any atom is 0.254 e. The molecule has 0 N–H and O–H groups in total. The molecule has 0 saturated heterocycles. The number of aromatic nitrogens is 2. The van der Waals surface area contributed by atoms with Gasteiger partial charge in [-0.2, -0.15) is 0 Å². The number of benzene rings is 2. The van der Waals surface area contributed by atoms with Crippen LogP contribution >= 0.6 is 0 Å². The lowest BCUT2D eigenvalue weighted by molar-refractivity contribution is 0.0787. The number of halogens is 1. The normalized spacial score (nSPS) is 10.8. The van der Waals surface area contributed by atoms with Crippen molar-refractivity contribution in [3.8, 4) is 11.3 Å². The van der Waals surface area contributed by atoms with Crippen LogP contribution in [0.1, 0.15) is 15.9 Å². The van der Waals surface area contributed by atoms with Crippen LogP contribution in [-0.2, 0) is 6.54 Å². The summed E-state index contributed by atoms with van der Waals surface area (Å²) in [6, 6.07) is 19.2. The summed E-state index contributed by atoms with van der Waals surface area (Å²) in [5.41, 5.74) is 3.70. The predicted molar refractivity (Wildman–Crippen MR) is 107 cm³/mol. The molecule has 2 heterocycles. The summed E-state index contributed by atoms with van der Waals surface area (Å²) >= 11 is 0. The van der Waals surface area contributed by atoms with Crippen molar-refractivity contribution in [1.29, 1.82) is 0 Å². The minimum absolute atomic E-state index is 0.0984. The summed E-state index contributed by atoms with van der Waals surface area (Å²) in [5, 5.41) is 0.792. The zero-order chi connectivity index (χ0) is 19.5. The van der Waals surface area contributed by atoms with Crippen LogP contribution in [0.2, 0.25) is 0 Å². The zero-order valence-electron chi connectivity index (χ0n) is 15.3. The fourth-order valence-corrected chi connectivity index (χ4v) is 3.16. The molecule has 0 atom stereocenters. The number of rotatable bonds is 4. The Balaban J connectivity index is 1.76. The SMILES string of the molecule is CN(Cc1ccncc1)C(=O)c1cc(-c2ccc(F)cc2)nc2ccccc12. The van der Waals surface area contributed by atoms with Gasteiger partial charge in [-0.25, -0.2) is 9.37 Å². The van der Waals surface area contributed by atoms with Crippen molar-refractivity contribution in [2.24, 2.45) is 0 Å². The Morgan fingerprint density at radius 3 is 2.46 bits per heavy atom. The second-order valence-electron chi connectivity index (χ2n) is 6.60. The van der Waals surface area contributed by atoms with Crippen LogP contribution in [0.3, 0.4) is 0 Å². The third-order valence-corrected chi connectivity index (χ3v) is 4.60. The fourth-order valence-electron chi connectivity index (χ4n) is 3.16. The summed E-state index contributed by atoms with van der Waals surface area (Å²) in [4.78, 5) is 23.6. The van der Waals surface area contributed by atoms with Crippen molar-refractivity contribution in [1.82, 2.24) is 14.9 Å². The van der Waals surface area contributed by atoms with Crippen LogP contribution in [0.15, 0.2) is 79.1 Å². The third kappa shape index (κ3) is 3.60. The molecule has 0 aliphatic heterocycles. The molecule has 4 nitrogen and oxygen atoms in total.